The Morgan fingerprint density at radius 2 is 1.81 bits per heavy atom. The number of nitrogens with zero attached hydrogens (tertiary/aromatic N) is 3. The van der Waals surface area contributed by atoms with E-state index in [2.05, 4.69) is 55.1 Å². The molecule has 4 rings (SSSR count). The molecule has 0 bridgehead atoms. The largest absolute Gasteiger partial charge is 0.369 e. The van der Waals surface area contributed by atoms with Gasteiger partial charge in [0.1, 0.15) is 0 Å². The van der Waals surface area contributed by atoms with Crippen molar-refractivity contribution >= 4 is 56.3 Å². The molecule has 0 atom stereocenters. The summed E-state index contributed by atoms with van der Waals surface area (Å²) in [6.07, 6.45) is 0. The highest BCUT2D eigenvalue weighted by atomic mass is 79.9. The van der Waals surface area contributed by atoms with E-state index in [9.17, 15) is 4.79 Å². The predicted octanol–water partition coefficient (Wildman–Crippen LogP) is 5.45. The van der Waals surface area contributed by atoms with Gasteiger partial charge in [-0.25, -0.2) is 4.98 Å². The lowest BCUT2D eigenvalue weighted by molar-refractivity contribution is -0.113. The SMILES string of the molecule is CCN1CCN(c2ccc(NC(=O)CSc3nc(-c4ccc(Br)cc4)cs3)cc2)CC1. The van der Waals surface area contributed by atoms with E-state index in [1.807, 2.05) is 41.8 Å². The van der Waals surface area contributed by atoms with Gasteiger partial charge in [0.25, 0.3) is 0 Å². The molecule has 31 heavy (non-hydrogen) atoms. The topological polar surface area (TPSA) is 48.5 Å². The summed E-state index contributed by atoms with van der Waals surface area (Å²) in [6, 6.07) is 16.2. The number of rotatable bonds is 7. The van der Waals surface area contributed by atoms with E-state index in [0.29, 0.717) is 5.75 Å². The minimum absolute atomic E-state index is 0.0188. The number of carbonyl (C=O) groups excluding carboxylic acids is 1. The molecule has 3 aromatic rings. The smallest absolute Gasteiger partial charge is 0.234 e. The van der Waals surface area contributed by atoms with E-state index >= 15 is 0 Å². The minimum atomic E-state index is -0.0188. The van der Waals surface area contributed by atoms with Crippen LogP contribution in [0, 0.1) is 0 Å². The molecule has 0 unspecified atom stereocenters. The highest BCUT2D eigenvalue weighted by molar-refractivity contribution is 9.10. The first-order valence-electron chi connectivity index (χ1n) is 10.3. The summed E-state index contributed by atoms with van der Waals surface area (Å²) in [4.78, 5) is 21.9. The highest BCUT2D eigenvalue weighted by Crippen LogP contribution is 2.29. The Balaban J connectivity index is 1.26. The molecular weight excluding hydrogens is 492 g/mol. The van der Waals surface area contributed by atoms with Crippen LogP contribution in [0.3, 0.4) is 0 Å². The summed E-state index contributed by atoms with van der Waals surface area (Å²) in [7, 11) is 0. The van der Waals surface area contributed by atoms with Crippen molar-refractivity contribution < 1.29 is 4.79 Å². The van der Waals surface area contributed by atoms with Crippen molar-refractivity contribution in [1.82, 2.24) is 9.88 Å². The summed E-state index contributed by atoms with van der Waals surface area (Å²) in [5.41, 5.74) is 4.06. The number of thiazole rings is 1. The maximum atomic E-state index is 12.4. The van der Waals surface area contributed by atoms with Crippen molar-refractivity contribution in [3.8, 4) is 11.3 Å². The molecule has 1 aliphatic rings. The van der Waals surface area contributed by atoms with Crippen molar-refractivity contribution in [2.24, 2.45) is 0 Å². The normalized spacial score (nSPS) is 14.6. The van der Waals surface area contributed by atoms with Crippen molar-refractivity contribution in [3.05, 3.63) is 58.4 Å². The molecular formula is C23H25BrN4OS2. The first-order chi connectivity index (χ1) is 15.1. The van der Waals surface area contributed by atoms with Gasteiger partial charge in [-0.15, -0.1) is 11.3 Å². The van der Waals surface area contributed by atoms with Crippen LogP contribution in [-0.2, 0) is 4.79 Å². The van der Waals surface area contributed by atoms with Crippen LogP contribution in [0.25, 0.3) is 11.3 Å². The van der Waals surface area contributed by atoms with Crippen molar-refractivity contribution in [2.75, 3.05) is 48.7 Å². The number of thioether (sulfide) groups is 1. The first kappa shape index (κ1) is 22.3. The summed E-state index contributed by atoms with van der Waals surface area (Å²) >= 11 is 6.48. The molecule has 0 saturated carbocycles. The number of amides is 1. The summed E-state index contributed by atoms with van der Waals surface area (Å²) < 4.78 is 1.94. The molecule has 5 nitrogen and oxygen atoms in total. The van der Waals surface area contributed by atoms with Crippen LogP contribution in [-0.4, -0.2) is 54.3 Å². The molecule has 162 valence electrons. The first-order valence-corrected chi connectivity index (χ1v) is 13.0. The van der Waals surface area contributed by atoms with Gasteiger partial charge in [0.2, 0.25) is 5.91 Å². The standard InChI is InChI=1S/C23H25BrN4OS2/c1-2-27-11-13-28(14-12-27)20-9-7-19(8-10-20)25-22(29)16-31-23-26-21(15-30-23)17-3-5-18(24)6-4-17/h3-10,15H,2,11-14,16H2,1H3,(H,25,29). The fourth-order valence-electron chi connectivity index (χ4n) is 3.48. The van der Waals surface area contributed by atoms with E-state index < -0.39 is 0 Å². The second-order valence-electron chi connectivity index (χ2n) is 7.31. The molecule has 0 radical (unpaired) electrons. The zero-order chi connectivity index (χ0) is 21.6. The Morgan fingerprint density at radius 1 is 1.10 bits per heavy atom. The van der Waals surface area contributed by atoms with E-state index in [4.69, 9.17) is 0 Å². The fourth-order valence-corrected chi connectivity index (χ4v) is 5.38. The zero-order valence-electron chi connectivity index (χ0n) is 17.4. The third kappa shape index (κ3) is 6.10. The Bertz CT molecular complexity index is 999. The number of likely N-dealkylation sites (N-methyl/N-ethyl adjacent to an activating group) is 1. The predicted molar refractivity (Wildman–Crippen MR) is 135 cm³/mol. The Hall–Kier alpha value is -1.87. The summed E-state index contributed by atoms with van der Waals surface area (Å²) in [5.74, 6) is 0.322. The third-order valence-electron chi connectivity index (χ3n) is 5.29. The van der Waals surface area contributed by atoms with Gasteiger partial charge >= 0.3 is 0 Å². The van der Waals surface area contributed by atoms with Crippen molar-refractivity contribution in [3.63, 3.8) is 0 Å². The van der Waals surface area contributed by atoms with Crippen LogP contribution in [0.1, 0.15) is 6.92 Å². The van der Waals surface area contributed by atoms with Gasteiger partial charge in [-0.1, -0.05) is 46.7 Å². The molecule has 1 amide bonds. The van der Waals surface area contributed by atoms with Crippen molar-refractivity contribution in [1.29, 1.82) is 0 Å². The number of benzene rings is 2. The number of piperazine rings is 1. The van der Waals surface area contributed by atoms with Gasteiger partial charge in [-0.2, -0.15) is 0 Å². The third-order valence-corrected chi connectivity index (χ3v) is 7.84. The number of anilines is 2. The quantitative estimate of drug-likeness (QED) is 0.423. The van der Waals surface area contributed by atoms with Crippen LogP contribution in [0.5, 0.6) is 0 Å². The van der Waals surface area contributed by atoms with E-state index in [-0.39, 0.29) is 5.91 Å². The van der Waals surface area contributed by atoms with Crippen LogP contribution < -0.4 is 10.2 Å². The number of carbonyl (C=O) groups is 1. The molecule has 1 aliphatic heterocycles. The lowest BCUT2D eigenvalue weighted by atomic mass is 10.2. The number of hydrogen-bond acceptors (Lipinski definition) is 6. The fraction of sp³-hybridized carbons (Fsp3) is 0.304. The average molecular weight is 518 g/mol. The monoisotopic (exact) mass is 516 g/mol. The average Bonchev–Trinajstić information content (AvgIpc) is 3.28. The van der Waals surface area contributed by atoms with E-state index in [1.54, 1.807) is 11.3 Å². The molecule has 2 heterocycles. The van der Waals surface area contributed by atoms with Crippen LogP contribution >= 0.6 is 39.0 Å². The van der Waals surface area contributed by atoms with Gasteiger partial charge in [0.05, 0.1) is 11.4 Å². The number of aromatic nitrogens is 1. The Kier molecular flexibility index (Phi) is 7.66. The summed E-state index contributed by atoms with van der Waals surface area (Å²) in [6.45, 7) is 7.63. The van der Waals surface area contributed by atoms with Gasteiger partial charge in [0.15, 0.2) is 4.34 Å². The van der Waals surface area contributed by atoms with Crippen molar-refractivity contribution in [2.45, 2.75) is 11.3 Å². The summed E-state index contributed by atoms with van der Waals surface area (Å²) in [5, 5.41) is 5.02. The number of hydrogen-bond donors (Lipinski definition) is 1. The van der Waals surface area contributed by atoms with Crippen LogP contribution in [0.2, 0.25) is 0 Å². The van der Waals surface area contributed by atoms with Gasteiger partial charge in [-0.05, 0) is 42.9 Å². The molecule has 2 aromatic carbocycles. The lowest BCUT2D eigenvalue weighted by Crippen LogP contribution is -2.46. The van der Waals surface area contributed by atoms with E-state index in [1.165, 1.54) is 17.4 Å². The molecule has 1 fully saturated rings. The van der Waals surface area contributed by atoms with E-state index in [0.717, 1.165) is 58.5 Å². The van der Waals surface area contributed by atoms with Crippen LogP contribution in [0.15, 0.2) is 62.7 Å². The molecule has 1 aromatic heterocycles. The number of halogens is 1. The zero-order valence-corrected chi connectivity index (χ0v) is 20.6. The molecule has 0 spiro atoms. The van der Waals surface area contributed by atoms with Gasteiger partial charge in [-0.3, -0.25) is 4.79 Å². The molecule has 1 saturated heterocycles. The maximum Gasteiger partial charge on any atom is 0.234 e. The number of nitrogens with one attached hydrogen (secondary N) is 1. The second-order valence-corrected chi connectivity index (χ2v) is 10.3. The second kappa shape index (κ2) is 10.6. The molecule has 8 heteroatoms. The molecule has 0 aliphatic carbocycles. The van der Waals surface area contributed by atoms with Gasteiger partial charge < -0.3 is 15.1 Å². The Labute approximate surface area is 200 Å². The highest BCUT2D eigenvalue weighted by Gasteiger charge is 2.16. The minimum Gasteiger partial charge on any atom is -0.369 e. The molecule has 1 N–H and O–H groups in total. The Morgan fingerprint density at radius 3 is 2.48 bits per heavy atom. The lowest BCUT2D eigenvalue weighted by Gasteiger charge is -2.35. The van der Waals surface area contributed by atoms with Crippen LogP contribution in [0.4, 0.5) is 11.4 Å². The van der Waals surface area contributed by atoms with Gasteiger partial charge in [0, 0.05) is 53.0 Å². The maximum absolute atomic E-state index is 12.4.